The number of methoxy groups -OCH3 is 1. The third-order valence-corrected chi connectivity index (χ3v) is 5.66. The Kier molecular flexibility index (Phi) is 5.41. The molecule has 0 saturated carbocycles. The van der Waals surface area contributed by atoms with Crippen molar-refractivity contribution in [3.05, 3.63) is 28.2 Å². The molecule has 3 rings (SSSR count). The first-order valence-corrected chi connectivity index (χ1v) is 9.32. The zero-order valence-corrected chi connectivity index (χ0v) is 14.7. The standard InChI is InChI=1S/C15H22N4OS2/c1-12(13-4-10-21-11-13)18-5-7-19(8-6-18)15-16-14(17-22-15)3-9-20-2/h4,10-12H,3,5-9H2,1-2H3. The van der Waals surface area contributed by atoms with E-state index in [0.29, 0.717) is 12.6 Å². The van der Waals surface area contributed by atoms with Crippen LogP contribution in [-0.4, -0.2) is 54.2 Å². The van der Waals surface area contributed by atoms with Crippen molar-refractivity contribution in [1.82, 2.24) is 14.3 Å². The van der Waals surface area contributed by atoms with Gasteiger partial charge in [0.2, 0.25) is 5.13 Å². The van der Waals surface area contributed by atoms with Gasteiger partial charge >= 0.3 is 0 Å². The molecule has 120 valence electrons. The number of rotatable bonds is 6. The average molecular weight is 339 g/mol. The maximum absolute atomic E-state index is 5.08. The summed E-state index contributed by atoms with van der Waals surface area (Å²) in [4.78, 5) is 9.53. The van der Waals surface area contributed by atoms with E-state index < -0.39 is 0 Å². The Bertz CT molecular complexity index is 564. The van der Waals surface area contributed by atoms with Gasteiger partial charge in [-0.3, -0.25) is 4.90 Å². The van der Waals surface area contributed by atoms with E-state index in [1.165, 1.54) is 17.1 Å². The highest BCUT2D eigenvalue weighted by molar-refractivity contribution is 7.09. The predicted molar refractivity (Wildman–Crippen MR) is 92.0 cm³/mol. The second-order valence-electron chi connectivity index (χ2n) is 5.49. The zero-order valence-electron chi connectivity index (χ0n) is 13.1. The number of hydrogen-bond donors (Lipinski definition) is 0. The Balaban J connectivity index is 1.54. The normalized spacial score (nSPS) is 17.8. The second kappa shape index (κ2) is 7.50. The van der Waals surface area contributed by atoms with Gasteiger partial charge in [-0.15, -0.1) is 0 Å². The summed E-state index contributed by atoms with van der Waals surface area (Å²) in [5.41, 5.74) is 1.43. The van der Waals surface area contributed by atoms with E-state index in [9.17, 15) is 0 Å². The van der Waals surface area contributed by atoms with Crippen LogP contribution in [0.15, 0.2) is 16.8 Å². The average Bonchev–Trinajstić information content (AvgIpc) is 3.24. The summed E-state index contributed by atoms with van der Waals surface area (Å²) in [6.45, 7) is 7.17. The minimum Gasteiger partial charge on any atom is -0.384 e. The smallest absolute Gasteiger partial charge is 0.205 e. The maximum Gasteiger partial charge on any atom is 0.205 e. The van der Waals surface area contributed by atoms with Crippen LogP contribution in [-0.2, 0) is 11.2 Å². The van der Waals surface area contributed by atoms with Crippen LogP contribution in [0.2, 0.25) is 0 Å². The minimum atomic E-state index is 0.500. The lowest BCUT2D eigenvalue weighted by Crippen LogP contribution is -2.47. The first-order chi connectivity index (χ1) is 10.8. The molecule has 22 heavy (non-hydrogen) atoms. The van der Waals surface area contributed by atoms with E-state index >= 15 is 0 Å². The fraction of sp³-hybridized carbons (Fsp3) is 0.600. The van der Waals surface area contributed by atoms with Crippen LogP contribution in [0.5, 0.6) is 0 Å². The number of anilines is 1. The molecule has 1 aliphatic rings. The van der Waals surface area contributed by atoms with Crippen LogP contribution in [0.4, 0.5) is 5.13 Å². The Hall–Kier alpha value is -1.02. The Morgan fingerprint density at radius 3 is 2.82 bits per heavy atom. The molecule has 0 aromatic carbocycles. The molecule has 0 aliphatic carbocycles. The Labute approximate surface area is 139 Å². The lowest BCUT2D eigenvalue weighted by molar-refractivity contribution is 0.198. The fourth-order valence-corrected chi connectivity index (χ4v) is 4.20. The summed E-state index contributed by atoms with van der Waals surface area (Å²) >= 11 is 3.28. The van der Waals surface area contributed by atoms with Crippen molar-refractivity contribution in [2.24, 2.45) is 0 Å². The summed E-state index contributed by atoms with van der Waals surface area (Å²) in [6, 6.07) is 2.73. The predicted octanol–water partition coefficient (Wildman–Crippen LogP) is 2.67. The molecule has 0 spiro atoms. The number of piperazine rings is 1. The van der Waals surface area contributed by atoms with Crippen LogP contribution in [0, 0.1) is 0 Å². The molecule has 1 unspecified atom stereocenters. The SMILES string of the molecule is COCCc1nsc(N2CCN(C(C)c3ccsc3)CC2)n1. The van der Waals surface area contributed by atoms with E-state index in [1.807, 2.05) is 0 Å². The minimum absolute atomic E-state index is 0.500. The second-order valence-corrected chi connectivity index (χ2v) is 7.00. The Morgan fingerprint density at radius 2 is 2.14 bits per heavy atom. The van der Waals surface area contributed by atoms with Crippen molar-refractivity contribution < 1.29 is 4.74 Å². The van der Waals surface area contributed by atoms with Gasteiger partial charge in [-0.25, -0.2) is 4.98 Å². The Morgan fingerprint density at radius 1 is 1.32 bits per heavy atom. The first-order valence-electron chi connectivity index (χ1n) is 7.60. The van der Waals surface area contributed by atoms with Gasteiger partial charge in [0, 0.05) is 57.3 Å². The van der Waals surface area contributed by atoms with Gasteiger partial charge in [0.05, 0.1) is 6.61 Å². The number of nitrogens with zero attached hydrogens (tertiary/aromatic N) is 4. The van der Waals surface area contributed by atoms with Crippen molar-refractivity contribution in [1.29, 1.82) is 0 Å². The van der Waals surface area contributed by atoms with Crippen molar-refractivity contribution in [2.45, 2.75) is 19.4 Å². The highest BCUT2D eigenvalue weighted by atomic mass is 32.1. The summed E-state index contributed by atoms with van der Waals surface area (Å²) in [7, 11) is 1.71. The third-order valence-electron chi connectivity index (χ3n) is 4.15. The maximum atomic E-state index is 5.08. The molecule has 2 aromatic rings. The molecule has 1 aliphatic heterocycles. The first kappa shape index (κ1) is 15.9. The van der Waals surface area contributed by atoms with Gasteiger partial charge in [0.25, 0.3) is 0 Å². The number of hydrogen-bond acceptors (Lipinski definition) is 7. The fourth-order valence-electron chi connectivity index (χ4n) is 2.69. The molecule has 1 fully saturated rings. The van der Waals surface area contributed by atoms with Gasteiger partial charge in [-0.2, -0.15) is 15.7 Å². The topological polar surface area (TPSA) is 41.5 Å². The van der Waals surface area contributed by atoms with Gasteiger partial charge in [-0.1, -0.05) is 0 Å². The highest BCUT2D eigenvalue weighted by Gasteiger charge is 2.24. The highest BCUT2D eigenvalue weighted by Crippen LogP contribution is 2.25. The molecular formula is C15H22N4OS2. The van der Waals surface area contributed by atoms with E-state index in [-0.39, 0.29) is 0 Å². The van der Waals surface area contributed by atoms with E-state index in [2.05, 4.69) is 42.9 Å². The summed E-state index contributed by atoms with van der Waals surface area (Å²) < 4.78 is 9.50. The largest absolute Gasteiger partial charge is 0.384 e. The lowest BCUT2D eigenvalue weighted by atomic mass is 10.1. The molecule has 5 nitrogen and oxygen atoms in total. The molecule has 0 bridgehead atoms. The number of aromatic nitrogens is 2. The van der Waals surface area contributed by atoms with Crippen LogP contribution in [0.1, 0.15) is 24.4 Å². The van der Waals surface area contributed by atoms with E-state index in [1.54, 1.807) is 18.4 Å². The van der Waals surface area contributed by atoms with Crippen molar-refractivity contribution in [3.8, 4) is 0 Å². The lowest BCUT2D eigenvalue weighted by Gasteiger charge is -2.37. The van der Waals surface area contributed by atoms with Crippen molar-refractivity contribution in [2.75, 3.05) is 44.8 Å². The van der Waals surface area contributed by atoms with Gasteiger partial charge < -0.3 is 9.64 Å². The quantitative estimate of drug-likeness (QED) is 0.810. The molecule has 2 aromatic heterocycles. The molecule has 3 heterocycles. The monoisotopic (exact) mass is 338 g/mol. The molecule has 0 amide bonds. The summed E-state index contributed by atoms with van der Waals surface area (Å²) in [5.74, 6) is 0.899. The van der Waals surface area contributed by atoms with Crippen molar-refractivity contribution >= 4 is 28.0 Å². The summed E-state index contributed by atoms with van der Waals surface area (Å²) in [5, 5.41) is 5.46. The van der Waals surface area contributed by atoms with Crippen LogP contribution < -0.4 is 4.90 Å². The number of thiophene rings is 1. The summed E-state index contributed by atoms with van der Waals surface area (Å²) in [6.07, 6.45) is 0.794. The van der Waals surface area contributed by atoms with Gasteiger partial charge in [0.15, 0.2) is 0 Å². The van der Waals surface area contributed by atoms with Crippen molar-refractivity contribution in [3.63, 3.8) is 0 Å². The number of ether oxygens (including phenoxy) is 1. The molecular weight excluding hydrogens is 316 g/mol. The third kappa shape index (κ3) is 3.65. The van der Waals surface area contributed by atoms with Crippen LogP contribution in [0.3, 0.4) is 0 Å². The van der Waals surface area contributed by atoms with Gasteiger partial charge in [0.1, 0.15) is 5.82 Å². The van der Waals surface area contributed by atoms with Crippen LogP contribution in [0.25, 0.3) is 0 Å². The molecule has 0 radical (unpaired) electrons. The molecule has 1 atom stereocenters. The molecule has 0 N–H and O–H groups in total. The van der Waals surface area contributed by atoms with Crippen LogP contribution >= 0.6 is 22.9 Å². The molecule has 7 heteroatoms. The van der Waals surface area contributed by atoms with E-state index in [4.69, 9.17) is 4.74 Å². The van der Waals surface area contributed by atoms with Gasteiger partial charge in [-0.05, 0) is 29.3 Å². The zero-order chi connectivity index (χ0) is 15.4. The molecule has 1 saturated heterocycles. The van der Waals surface area contributed by atoms with E-state index in [0.717, 1.165) is 43.6 Å².